The van der Waals surface area contributed by atoms with E-state index in [0.717, 1.165) is 24.0 Å². The number of nitrogens with one attached hydrogen (secondary N) is 1. The third kappa shape index (κ3) is 4.54. The number of nitrogens with zero attached hydrogens (tertiary/aromatic N) is 7. The van der Waals surface area contributed by atoms with Crippen molar-refractivity contribution >= 4 is 41.5 Å². The van der Waals surface area contributed by atoms with Crippen LogP contribution in [0.2, 0.25) is 0 Å². The zero-order valence-electron chi connectivity index (χ0n) is 15.3. The molecule has 2 aromatic rings. The number of aromatic nitrogens is 4. The number of halogens is 1. The lowest BCUT2D eigenvalue weighted by molar-refractivity contribution is -0.120. The van der Waals surface area contributed by atoms with Crippen molar-refractivity contribution in [3.63, 3.8) is 0 Å². The summed E-state index contributed by atoms with van der Waals surface area (Å²) < 4.78 is 3.64. The second-order valence-corrected chi connectivity index (χ2v) is 5.96. The average Bonchev–Trinajstić information content (AvgIpc) is 3.20. The summed E-state index contributed by atoms with van der Waals surface area (Å²) in [7, 11) is 3.79. The first-order chi connectivity index (χ1) is 12.1. The number of aliphatic imine (C=N–C) groups is 1. The molecule has 10 heteroatoms. The van der Waals surface area contributed by atoms with Gasteiger partial charge in [0.2, 0.25) is 5.91 Å². The monoisotopic (exact) mass is 472 g/mol. The maximum atomic E-state index is 12.6. The highest BCUT2D eigenvalue weighted by Gasteiger charge is 2.27. The van der Waals surface area contributed by atoms with Gasteiger partial charge in [0.25, 0.3) is 0 Å². The highest BCUT2D eigenvalue weighted by Crippen LogP contribution is 2.16. The molecular formula is C16H25IN8O. The van der Waals surface area contributed by atoms with Gasteiger partial charge in [0, 0.05) is 52.3 Å². The third-order valence-electron chi connectivity index (χ3n) is 4.15. The van der Waals surface area contributed by atoms with Crippen LogP contribution in [0.15, 0.2) is 29.8 Å². The summed E-state index contributed by atoms with van der Waals surface area (Å²) in [5.74, 6) is 1.67. The molecule has 0 bridgehead atoms. The first-order valence-electron chi connectivity index (χ1n) is 8.37. The van der Waals surface area contributed by atoms with Crippen LogP contribution >= 0.6 is 24.0 Å². The zero-order chi connectivity index (χ0) is 17.8. The summed E-state index contributed by atoms with van der Waals surface area (Å²) in [5.41, 5.74) is 0.835. The molecule has 1 aliphatic heterocycles. The van der Waals surface area contributed by atoms with Crippen molar-refractivity contribution in [2.45, 2.75) is 13.5 Å². The Kier molecular flexibility index (Phi) is 7.00. The third-order valence-corrected chi connectivity index (χ3v) is 4.15. The number of aryl methyl sites for hydroxylation is 2. The summed E-state index contributed by atoms with van der Waals surface area (Å²) in [6, 6.07) is 0. The molecule has 26 heavy (non-hydrogen) atoms. The van der Waals surface area contributed by atoms with Crippen LogP contribution in [-0.4, -0.2) is 62.3 Å². The first kappa shape index (κ1) is 20.2. The molecule has 0 aliphatic carbocycles. The molecule has 1 fully saturated rings. The lowest BCUT2D eigenvalue weighted by Gasteiger charge is -2.35. The second kappa shape index (κ2) is 9.01. The quantitative estimate of drug-likeness (QED) is 0.400. The highest BCUT2D eigenvalue weighted by molar-refractivity contribution is 14.0. The lowest BCUT2D eigenvalue weighted by atomic mass is 10.3. The second-order valence-electron chi connectivity index (χ2n) is 5.96. The number of piperazine rings is 1. The van der Waals surface area contributed by atoms with Crippen molar-refractivity contribution in [1.82, 2.24) is 29.5 Å². The van der Waals surface area contributed by atoms with Crippen LogP contribution in [0.1, 0.15) is 12.7 Å². The Balaban J connectivity index is 0.00000243. The number of hydrogen-bond donors (Lipinski definition) is 1. The minimum atomic E-state index is 0. The molecule has 0 atom stereocenters. The summed E-state index contributed by atoms with van der Waals surface area (Å²) in [6.07, 6.45) is 7.23. The minimum Gasteiger partial charge on any atom is -0.356 e. The Bertz CT molecular complexity index is 768. The summed E-state index contributed by atoms with van der Waals surface area (Å²) >= 11 is 0. The van der Waals surface area contributed by atoms with Crippen molar-refractivity contribution in [2.75, 3.05) is 31.1 Å². The summed E-state index contributed by atoms with van der Waals surface area (Å²) in [6.45, 7) is 4.86. The number of guanidine groups is 1. The minimum absolute atomic E-state index is 0. The van der Waals surface area contributed by atoms with E-state index in [-0.39, 0.29) is 29.9 Å². The van der Waals surface area contributed by atoms with Crippen LogP contribution in [0.3, 0.4) is 0 Å². The van der Waals surface area contributed by atoms with E-state index in [1.165, 1.54) is 0 Å². The summed E-state index contributed by atoms with van der Waals surface area (Å²) in [5, 5.41) is 7.41. The summed E-state index contributed by atoms with van der Waals surface area (Å²) in [4.78, 5) is 25.2. The van der Waals surface area contributed by atoms with Gasteiger partial charge in [-0.25, -0.2) is 9.98 Å². The predicted molar refractivity (Wildman–Crippen MR) is 111 cm³/mol. The average molecular weight is 472 g/mol. The fourth-order valence-corrected chi connectivity index (χ4v) is 2.79. The van der Waals surface area contributed by atoms with Crippen molar-refractivity contribution in [2.24, 2.45) is 19.1 Å². The Morgan fingerprint density at radius 3 is 2.73 bits per heavy atom. The van der Waals surface area contributed by atoms with Gasteiger partial charge in [0.05, 0.1) is 11.9 Å². The van der Waals surface area contributed by atoms with Gasteiger partial charge >= 0.3 is 0 Å². The molecule has 3 heterocycles. The number of rotatable bonds is 4. The molecule has 1 saturated heterocycles. The van der Waals surface area contributed by atoms with Gasteiger partial charge in [-0.05, 0) is 6.92 Å². The van der Waals surface area contributed by atoms with Crippen molar-refractivity contribution in [1.29, 1.82) is 0 Å². The van der Waals surface area contributed by atoms with E-state index in [1.54, 1.807) is 22.0 Å². The number of amides is 1. The van der Waals surface area contributed by atoms with Crippen molar-refractivity contribution in [3.8, 4) is 0 Å². The van der Waals surface area contributed by atoms with Crippen LogP contribution in [0.25, 0.3) is 0 Å². The fourth-order valence-electron chi connectivity index (χ4n) is 2.79. The van der Waals surface area contributed by atoms with Gasteiger partial charge in [-0.3, -0.25) is 9.48 Å². The van der Waals surface area contributed by atoms with Gasteiger partial charge in [-0.15, -0.1) is 24.0 Å². The van der Waals surface area contributed by atoms with Crippen LogP contribution in [-0.2, 0) is 25.4 Å². The molecule has 142 valence electrons. The molecule has 0 saturated carbocycles. The van der Waals surface area contributed by atoms with Gasteiger partial charge in [0.1, 0.15) is 18.9 Å². The highest BCUT2D eigenvalue weighted by atomic mass is 127. The smallest absolute Gasteiger partial charge is 0.246 e. The van der Waals surface area contributed by atoms with Crippen LogP contribution in [0.4, 0.5) is 5.69 Å². The first-order valence-corrected chi connectivity index (χ1v) is 8.37. The topological polar surface area (TPSA) is 83.6 Å². The van der Waals surface area contributed by atoms with E-state index in [9.17, 15) is 4.79 Å². The Hall–Kier alpha value is -2.11. The maximum Gasteiger partial charge on any atom is 0.246 e. The SMILES string of the molecule is CCNC(=NCc1nccn1C)N1CCN(c2cnn(C)c2)C(=O)C1.I. The van der Waals surface area contributed by atoms with E-state index in [4.69, 9.17) is 0 Å². The molecule has 1 N–H and O–H groups in total. The van der Waals surface area contributed by atoms with E-state index in [2.05, 4.69) is 20.4 Å². The van der Waals surface area contributed by atoms with Gasteiger partial charge in [-0.2, -0.15) is 5.10 Å². The molecule has 0 radical (unpaired) electrons. The van der Waals surface area contributed by atoms with Crippen LogP contribution < -0.4 is 10.2 Å². The van der Waals surface area contributed by atoms with Crippen LogP contribution in [0, 0.1) is 0 Å². The van der Waals surface area contributed by atoms with Crippen molar-refractivity contribution < 1.29 is 4.79 Å². The van der Waals surface area contributed by atoms with E-state index >= 15 is 0 Å². The predicted octanol–water partition coefficient (Wildman–Crippen LogP) is 0.586. The Labute approximate surface area is 170 Å². The normalized spacial score (nSPS) is 15.2. The van der Waals surface area contributed by atoms with E-state index in [1.807, 2.05) is 42.9 Å². The number of carbonyl (C=O) groups excluding carboxylic acids is 1. The molecule has 0 unspecified atom stereocenters. The molecule has 1 aliphatic rings. The number of imidazole rings is 1. The molecule has 2 aromatic heterocycles. The fraction of sp³-hybridized carbons (Fsp3) is 0.500. The number of hydrogen-bond acceptors (Lipinski definition) is 4. The van der Waals surface area contributed by atoms with Gasteiger partial charge < -0.3 is 19.7 Å². The molecule has 0 aromatic carbocycles. The lowest BCUT2D eigenvalue weighted by Crippen LogP contribution is -2.55. The molecule has 0 spiro atoms. The van der Waals surface area contributed by atoms with E-state index < -0.39 is 0 Å². The molecule has 3 rings (SSSR count). The molecule has 1 amide bonds. The number of carbonyl (C=O) groups is 1. The standard InChI is InChI=1S/C16H24N8O.HI/c1-4-17-16(19-10-14-18-5-6-21(14)2)23-7-8-24(15(25)12-23)13-9-20-22(3)11-13;/h5-6,9,11H,4,7-8,10,12H2,1-3H3,(H,17,19);1H. The Morgan fingerprint density at radius 1 is 1.35 bits per heavy atom. The largest absolute Gasteiger partial charge is 0.356 e. The Morgan fingerprint density at radius 2 is 2.15 bits per heavy atom. The zero-order valence-corrected chi connectivity index (χ0v) is 17.6. The van der Waals surface area contributed by atoms with Crippen molar-refractivity contribution in [3.05, 3.63) is 30.6 Å². The maximum absolute atomic E-state index is 12.6. The van der Waals surface area contributed by atoms with Gasteiger partial charge in [-0.1, -0.05) is 0 Å². The molecule has 9 nitrogen and oxygen atoms in total. The molecular weight excluding hydrogens is 447 g/mol. The van der Waals surface area contributed by atoms with Gasteiger partial charge in [0.15, 0.2) is 5.96 Å². The van der Waals surface area contributed by atoms with Crippen LogP contribution in [0.5, 0.6) is 0 Å². The van der Waals surface area contributed by atoms with E-state index in [0.29, 0.717) is 26.2 Å². The number of anilines is 1.